The summed E-state index contributed by atoms with van der Waals surface area (Å²) in [5.74, 6) is 0.724. The maximum atomic E-state index is 12.9. The molecular weight excluding hydrogens is 405 g/mol. The summed E-state index contributed by atoms with van der Waals surface area (Å²) in [7, 11) is -3.99. The van der Waals surface area contributed by atoms with Gasteiger partial charge >= 0.3 is 6.18 Å². The fourth-order valence-corrected chi connectivity index (χ4v) is 5.24. The molecule has 1 fully saturated rings. The van der Waals surface area contributed by atoms with Crippen LogP contribution in [0.3, 0.4) is 0 Å². The summed E-state index contributed by atoms with van der Waals surface area (Å²) in [6, 6.07) is 5.90. The molecule has 1 aromatic heterocycles. The summed E-state index contributed by atoms with van der Waals surface area (Å²) in [5, 5.41) is 8.60. The number of hydrogen-bond acceptors (Lipinski definition) is 5. The zero-order valence-electron chi connectivity index (χ0n) is 15.7. The van der Waals surface area contributed by atoms with Crippen LogP contribution < -0.4 is 4.90 Å². The Morgan fingerprint density at radius 2 is 1.66 bits per heavy atom. The van der Waals surface area contributed by atoms with Crippen molar-refractivity contribution in [3.8, 4) is 0 Å². The molecule has 0 bridgehead atoms. The highest BCUT2D eigenvalue weighted by Crippen LogP contribution is 2.31. The maximum Gasteiger partial charge on any atom is 0.416 e. The highest BCUT2D eigenvalue weighted by atomic mass is 32.2. The fourth-order valence-electron chi connectivity index (χ4n) is 3.77. The highest BCUT2D eigenvalue weighted by Gasteiger charge is 2.34. The molecule has 156 valence electrons. The Balaban J connectivity index is 1.48. The van der Waals surface area contributed by atoms with Crippen molar-refractivity contribution in [2.24, 2.45) is 0 Å². The predicted molar refractivity (Wildman–Crippen MR) is 101 cm³/mol. The molecule has 0 unspecified atom stereocenters. The average Bonchev–Trinajstić information content (AvgIpc) is 2.73. The number of piperazine rings is 1. The van der Waals surface area contributed by atoms with Crippen LogP contribution in [0.15, 0.2) is 35.2 Å². The van der Waals surface area contributed by atoms with E-state index in [0.717, 1.165) is 49.3 Å². The number of sulfonamides is 1. The van der Waals surface area contributed by atoms with Gasteiger partial charge in [0.25, 0.3) is 0 Å². The summed E-state index contributed by atoms with van der Waals surface area (Å²) in [4.78, 5) is 1.63. The lowest BCUT2D eigenvalue weighted by atomic mass is 9.97. The molecule has 10 heteroatoms. The van der Waals surface area contributed by atoms with Gasteiger partial charge in [-0.05, 0) is 55.5 Å². The number of benzene rings is 1. The summed E-state index contributed by atoms with van der Waals surface area (Å²) < 4.78 is 65.6. The Hall–Kier alpha value is -2.20. The zero-order valence-corrected chi connectivity index (χ0v) is 16.5. The lowest BCUT2D eigenvalue weighted by Gasteiger charge is -2.34. The van der Waals surface area contributed by atoms with Crippen LogP contribution in [-0.4, -0.2) is 49.1 Å². The van der Waals surface area contributed by atoms with Crippen LogP contribution in [0.5, 0.6) is 0 Å². The molecule has 29 heavy (non-hydrogen) atoms. The van der Waals surface area contributed by atoms with E-state index in [9.17, 15) is 21.6 Å². The van der Waals surface area contributed by atoms with Crippen LogP contribution in [0.1, 0.15) is 29.7 Å². The molecule has 2 aliphatic rings. The van der Waals surface area contributed by atoms with Crippen molar-refractivity contribution < 1.29 is 21.6 Å². The first kappa shape index (κ1) is 20.1. The van der Waals surface area contributed by atoms with Crippen molar-refractivity contribution in [1.29, 1.82) is 0 Å². The van der Waals surface area contributed by atoms with E-state index in [1.165, 1.54) is 15.9 Å². The minimum atomic E-state index is -4.59. The summed E-state index contributed by atoms with van der Waals surface area (Å²) in [6.45, 7) is 1.17. The smallest absolute Gasteiger partial charge is 0.352 e. The number of rotatable bonds is 3. The number of aryl methyl sites for hydroxylation is 2. The second-order valence-corrected chi connectivity index (χ2v) is 9.24. The van der Waals surface area contributed by atoms with Crippen LogP contribution in [0.25, 0.3) is 0 Å². The molecule has 2 heterocycles. The van der Waals surface area contributed by atoms with E-state index in [0.29, 0.717) is 19.2 Å². The first-order valence-corrected chi connectivity index (χ1v) is 11.0. The second-order valence-electron chi connectivity index (χ2n) is 7.30. The summed E-state index contributed by atoms with van der Waals surface area (Å²) in [5.41, 5.74) is 1.26. The molecule has 1 aromatic carbocycles. The normalized spacial score (nSPS) is 18.5. The van der Waals surface area contributed by atoms with Gasteiger partial charge in [0.05, 0.1) is 16.2 Å². The molecule has 0 atom stereocenters. The average molecular weight is 426 g/mol. The lowest BCUT2D eigenvalue weighted by molar-refractivity contribution is -0.137. The quantitative estimate of drug-likeness (QED) is 0.755. The summed E-state index contributed by atoms with van der Waals surface area (Å²) in [6.07, 6.45) is -0.434. The second kappa shape index (κ2) is 7.56. The Morgan fingerprint density at radius 1 is 0.931 bits per heavy atom. The molecule has 4 rings (SSSR count). The molecular formula is C19H21F3N4O2S. The van der Waals surface area contributed by atoms with Gasteiger partial charge in [-0.1, -0.05) is 6.07 Å². The van der Waals surface area contributed by atoms with Crippen molar-refractivity contribution in [1.82, 2.24) is 14.5 Å². The van der Waals surface area contributed by atoms with Crippen molar-refractivity contribution in [2.75, 3.05) is 31.1 Å². The SMILES string of the molecule is O=S(=O)(c1cccc(C(F)(F)F)c1)N1CCN(c2cc3c(nn2)CCCC3)CC1. The molecule has 1 aliphatic carbocycles. The van der Waals surface area contributed by atoms with Crippen LogP contribution >= 0.6 is 0 Å². The summed E-state index contributed by atoms with van der Waals surface area (Å²) >= 11 is 0. The van der Waals surface area contributed by atoms with Gasteiger partial charge in [0.2, 0.25) is 10.0 Å². The van der Waals surface area contributed by atoms with Crippen molar-refractivity contribution in [2.45, 2.75) is 36.8 Å². The van der Waals surface area contributed by atoms with Gasteiger partial charge in [-0.15, -0.1) is 5.10 Å². The number of halogens is 3. The van der Waals surface area contributed by atoms with Crippen molar-refractivity contribution >= 4 is 15.8 Å². The third-order valence-corrected chi connectivity index (χ3v) is 7.31. The topological polar surface area (TPSA) is 66.4 Å². The van der Waals surface area contributed by atoms with E-state index in [4.69, 9.17) is 0 Å². The Kier molecular flexibility index (Phi) is 5.24. The molecule has 2 aromatic rings. The van der Waals surface area contributed by atoms with Crippen LogP contribution in [0.2, 0.25) is 0 Å². The van der Waals surface area contributed by atoms with Crippen molar-refractivity contribution in [3.05, 3.63) is 47.2 Å². The molecule has 0 spiro atoms. The molecule has 0 N–H and O–H groups in total. The van der Waals surface area contributed by atoms with Crippen LogP contribution in [0.4, 0.5) is 19.0 Å². The number of anilines is 1. The van der Waals surface area contributed by atoms with Gasteiger partial charge < -0.3 is 4.90 Å². The van der Waals surface area contributed by atoms with Gasteiger partial charge in [0.15, 0.2) is 5.82 Å². The van der Waals surface area contributed by atoms with Crippen molar-refractivity contribution in [3.63, 3.8) is 0 Å². The molecule has 1 saturated heterocycles. The third kappa shape index (κ3) is 4.09. The van der Waals surface area contributed by atoms with Gasteiger partial charge in [-0.2, -0.15) is 22.6 Å². The number of alkyl halides is 3. The standard InChI is InChI=1S/C19H21F3N4O2S/c20-19(21,22)15-5-3-6-16(13-15)29(27,28)26-10-8-25(9-11-26)18-12-14-4-1-2-7-17(14)23-24-18/h3,5-6,12-13H,1-2,4,7-11H2. The van der Waals surface area contributed by atoms with Gasteiger partial charge in [-0.3, -0.25) is 0 Å². The van der Waals surface area contributed by atoms with E-state index >= 15 is 0 Å². The van der Waals surface area contributed by atoms with E-state index in [-0.39, 0.29) is 18.0 Å². The Bertz CT molecular complexity index is 1000. The number of hydrogen-bond donors (Lipinski definition) is 0. The molecule has 6 nitrogen and oxygen atoms in total. The zero-order chi connectivity index (χ0) is 20.6. The van der Waals surface area contributed by atoms with Gasteiger partial charge in [-0.25, -0.2) is 8.42 Å². The molecule has 0 radical (unpaired) electrons. The predicted octanol–water partition coefficient (Wildman–Crippen LogP) is 2.89. The Labute approximate surface area is 167 Å². The minimum Gasteiger partial charge on any atom is -0.352 e. The highest BCUT2D eigenvalue weighted by molar-refractivity contribution is 7.89. The van der Waals surface area contributed by atoms with E-state index in [1.54, 1.807) is 0 Å². The maximum absolute atomic E-state index is 12.9. The monoisotopic (exact) mass is 426 g/mol. The van der Waals surface area contributed by atoms with Crippen LogP contribution in [0, 0.1) is 0 Å². The van der Waals surface area contributed by atoms with E-state index in [2.05, 4.69) is 10.2 Å². The molecule has 1 aliphatic heterocycles. The first-order chi connectivity index (χ1) is 13.7. The Morgan fingerprint density at radius 3 is 2.38 bits per heavy atom. The van der Waals surface area contributed by atoms with E-state index < -0.39 is 21.8 Å². The number of aromatic nitrogens is 2. The van der Waals surface area contributed by atoms with Gasteiger partial charge in [0.1, 0.15) is 0 Å². The third-order valence-electron chi connectivity index (χ3n) is 5.42. The fraction of sp³-hybridized carbons (Fsp3) is 0.474. The van der Waals surface area contributed by atoms with Gasteiger partial charge in [0, 0.05) is 26.2 Å². The number of fused-ring (bicyclic) bond motifs is 1. The minimum absolute atomic E-state index is 0.178. The van der Waals surface area contributed by atoms with Crippen LogP contribution in [-0.2, 0) is 29.0 Å². The molecule has 0 saturated carbocycles. The van der Waals surface area contributed by atoms with E-state index in [1.807, 2.05) is 11.0 Å². The number of nitrogens with zero attached hydrogens (tertiary/aromatic N) is 4. The largest absolute Gasteiger partial charge is 0.416 e. The first-order valence-electron chi connectivity index (χ1n) is 9.53. The molecule has 0 amide bonds. The lowest BCUT2D eigenvalue weighted by Crippen LogP contribution is -2.49.